The number of carbonyl (C=O) groups excluding carboxylic acids is 2. The number of hydrogen-bond acceptors (Lipinski definition) is 7. The molecule has 3 rings (SSSR count). The summed E-state index contributed by atoms with van der Waals surface area (Å²) in [5.41, 5.74) is -7.00. The Hall–Kier alpha value is -1.28. The van der Waals surface area contributed by atoms with Gasteiger partial charge in [-0.3, -0.25) is 9.59 Å². The van der Waals surface area contributed by atoms with Crippen LogP contribution in [0.3, 0.4) is 0 Å². The van der Waals surface area contributed by atoms with Gasteiger partial charge in [0.05, 0.1) is 17.8 Å². The van der Waals surface area contributed by atoms with Crippen molar-refractivity contribution in [2.45, 2.75) is 95.9 Å². The number of Topliss-reactive ketones (excluding diaryl/α,β-unsaturated/α-hetero) is 1. The lowest BCUT2D eigenvalue weighted by atomic mass is 9.40. The second-order valence-electron chi connectivity index (χ2n) is 10.4. The Morgan fingerprint density at radius 2 is 1.83 bits per heavy atom. The summed E-state index contributed by atoms with van der Waals surface area (Å²) >= 11 is 0. The molecule has 3 fully saturated rings. The average Bonchev–Trinajstić information content (AvgIpc) is 2.59. The molecule has 0 unspecified atom stereocenters. The van der Waals surface area contributed by atoms with E-state index in [1.165, 1.54) is 19.9 Å². The van der Waals surface area contributed by atoms with E-state index in [4.69, 9.17) is 9.47 Å². The highest BCUT2D eigenvalue weighted by Crippen LogP contribution is 2.66. The molecule has 3 N–H and O–H groups in total. The largest absolute Gasteiger partial charge is 0.457 e. The SMILES string of the molecule is C=C[C@@]1(C)CC(=O)[C@]2(O)[C@@]3(C)[C@@H](O)CCC(C)(C)[C@@H]3[C@H](O)[C@H](OC([13CH3])=O)[C@@]2(C)O1. The molecule has 0 spiro atoms. The van der Waals surface area contributed by atoms with E-state index < -0.39 is 63.6 Å². The maximum Gasteiger partial charge on any atom is 0.303 e. The van der Waals surface area contributed by atoms with Gasteiger partial charge in [0.2, 0.25) is 0 Å². The molecule has 0 aromatic carbocycles. The molecule has 1 heterocycles. The Kier molecular flexibility index (Phi) is 4.91. The predicted octanol–water partition coefficient (Wildman–Crippen LogP) is 1.52. The summed E-state index contributed by atoms with van der Waals surface area (Å²) in [7, 11) is 0. The van der Waals surface area contributed by atoms with Crippen LogP contribution < -0.4 is 0 Å². The standard InChI is InChI=1S/C22H34O7/c1-8-19(5)11-14(25)22(27)20(6)13(24)9-10-18(3,4)16(20)15(26)17(28-12(2)23)21(22,7)29-19/h8,13,15-17,24,26-27H,1,9-11H2,2-7H3/t13-,15-,16-,17-,19-,20-,21+,22-/m0/s1/i2+1. The van der Waals surface area contributed by atoms with Crippen molar-refractivity contribution in [3.8, 4) is 0 Å². The number of esters is 1. The van der Waals surface area contributed by atoms with E-state index in [0.29, 0.717) is 12.8 Å². The van der Waals surface area contributed by atoms with Crippen LogP contribution in [-0.4, -0.2) is 62.2 Å². The molecule has 1 saturated heterocycles. The summed E-state index contributed by atoms with van der Waals surface area (Å²) < 4.78 is 11.8. The fraction of sp³-hybridized carbons (Fsp3) is 0.818. The summed E-state index contributed by atoms with van der Waals surface area (Å²) in [5.74, 6) is -1.87. The molecule has 2 aliphatic carbocycles. The van der Waals surface area contributed by atoms with Crippen LogP contribution in [0, 0.1) is 16.7 Å². The van der Waals surface area contributed by atoms with Gasteiger partial charge in [-0.15, -0.1) is 6.58 Å². The second-order valence-corrected chi connectivity index (χ2v) is 10.4. The molecule has 0 bridgehead atoms. The van der Waals surface area contributed by atoms with Crippen LogP contribution in [0.15, 0.2) is 12.7 Å². The zero-order chi connectivity index (χ0) is 22.2. The highest BCUT2D eigenvalue weighted by Gasteiger charge is 2.81. The van der Waals surface area contributed by atoms with E-state index in [0.717, 1.165) is 0 Å². The first kappa shape index (κ1) is 22.4. The van der Waals surface area contributed by atoms with Gasteiger partial charge in [0, 0.05) is 24.7 Å². The molecule has 7 heteroatoms. The molecule has 8 atom stereocenters. The molecular formula is C22H34O7. The van der Waals surface area contributed by atoms with Gasteiger partial charge in [-0.2, -0.15) is 0 Å². The topological polar surface area (TPSA) is 113 Å². The maximum absolute atomic E-state index is 13.6. The van der Waals surface area contributed by atoms with Crippen LogP contribution in [0.1, 0.15) is 60.8 Å². The number of rotatable bonds is 2. The smallest absolute Gasteiger partial charge is 0.303 e. The van der Waals surface area contributed by atoms with E-state index in [1.807, 2.05) is 13.8 Å². The Bertz CT molecular complexity index is 747. The molecule has 2 saturated carbocycles. The minimum atomic E-state index is -2.18. The number of aliphatic hydroxyl groups excluding tert-OH is 2. The molecule has 0 radical (unpaired) electrons. The van der Waals surface area contributed by atoms with Crippen molar-refractivity contribution in [2.24, 2.45) is 16.7 Å². The third-order valence-corrected chi connectivity index (χ3v) is 8.02. The summed E-state index contributed by atoms with van der Waals surface area (Å²) in [6, 6.07) is 0. The Labute approximate surface area is 172 Å². The molecule has 1 aliphatic heterocycles. The van der Waals surface area contributed by atoms with Crippen molar-refractivity contribution < 1.29 is 34.4 Å². The molecule has 0 aromatic rings. The van der Waals surface area contributed by atoms with Gasteiger partial charge < -0.3 is 24.8 Å². The van der Waals surface area contributed by atoms with Crippen molar-refractivity contribution in [1.82, 2.24) is 0 Å². The fourth-order valence-corrected chi connectivity index (χ4v) is 6.66. The first-order valence-electron chi connectivity index (χ1n) is 10.2. The molecule has 164 valence electrons. The highest BCUT2D eigenvalue weighted by molar-refractivity contribution is 5.92. The van der Waals surface area contributed by atoms with Gasteiger partial charge in [-0.1, -0.05) is 26.8 Å². The van der Waals surface area contributed by atoms with Gasteiger partial charge in [0.1, 0.15) is 5.60 Å². The van der Waals surface area contributed by atoms with Crippen LogP contribution in [0.4, 0.5) is 0 Å². The van der Waals surface area contributed by atoms with Crippen molar-refractivity contribution in [1.29, 1.82) is 0 Å². The lowest BCUT2D eigenvalue weighted by Crippen LogP contribution is -2.86. The van der Waals surface area contributed by atoms with Crippen molar-refractivity contribution in [3.63, 3.8) is 0 Å². The number of ketones is 1. The van der Waals surface area contributed by atoms with Crippen LogP contribution in [0.25, 0.3) is 0 Å². The fourth-order valence-electron chi connectivity index (χ4n) is 6.66. The summed E-state index contributed by atoms with van der Waals surface area (Å²) in [6.45, 7) is 13.6. The lowest BCUT2D eigenvalue weighted by Gasteiger charge is -2.71. The normalized spacial score (nSPS) is 51.6. The third-order valence-electron chi connectivity index (χ3n) is 8.02. The Morgan fingerprint density at radius 1 is 1.24 bits per heavy atom. The Morgan fingerprint density at radius 3 is 2.34 bits per heavy atom. The van der Waals surface area contributed by atoms with Crippen LogP contribution in [0.2, 0.25) is 0 Å². The zero-order valence-electron chi connectivity index (χ0n) is 18.2. The number of ether oxygens (including phenoxy) is 2. The summed E-state index contributed by atoms with van der Waals surface area (Å²) in [5, 5.41) is 34.7. The van der Waals surface area contributed by atoms with Gasteiger partial charge in [-0.05, 0) is 32.1 Å². The van der Waals surface area contributed by atoms with Crippen LogP contribution in [-0.2, 0) is 19.1 Å². The molecule has 29 heavy (non-hydrogen) atoms. The van der Waals surface area contributed by atoms with E-state index in [-0.39, 0.29) is 6.42 Å². The van der Waals surface area contributed by atoms with Gasteiger partial charge in [-0.25, -0.2) is 0 Å². The van der Waals surface area contributed by atoms with E-state index in [2.05, 4.69) is 6.58 Å². The van der Waals surface area contributed by atoms with Crippen molar-refractivity contribution in [2.75, 3.05) is 0 Å². The zero-order valence-corrected chi connectivity index (χ0v) is 18.2. The summed E-state index contributed by atoms with van der Waals surface area (Å²) in [6.07, 6.45) is -1.29. The molecule has 3 aliphatic rings. The Balaban J connectivity index is 2.33. The van der Waals surface area contributed by atoms with Gasteiger partial charge in [0.25, 0.3) is 0 Å². The second kappa shape index (κ2) is 6.36. The lowest BCUT2D eigenvalue weighted by molar-refractivity contribution is -0.370. The molecule has 0 amide bonds. The molecule has 0 aromatic heterocycles. The third kappa shape index (κ3) is 2.63. The van der Waals surface area contributed by atoms with Crippen LogP contribution in [0.5, 0.6) is 0 Å². The predicted molar refractivity (Wildman–Crippen MR) is 105 cm³/mol. The number of carbonyl (C=O) groups is 2. The molecular weight excluding hydrogens is 377 g/mol. The first-order chi connectivity index (χ1) is 13.1. The highest BCUT2D eigenvalue weighted by atomic mass is 16.6. The average molecular weight is 411 g/mol. The van der Waals surface area contributed by atoms with E-state index >= 15 is 0 Å². The minimum absolute atomic E-state index is 0.138. The van der Waals surface area contributed by atoms with Crippen LogP contribution >= 0.6 is 0 Å². The first-order valence-corrected chi connectivity index (χ1v) is 10.2. The van der Waals surface area contributed by atoms with Crippen molar-refractivity contribution in [3.05, 3.63) is 12.7 Å². The number of fused-ring (bicyclic) bond motifs is 3. The van der Waals surface area contributed by atoms with Gasteiger partial charge >= 0.3 is 5.97 Å². The number of hydrogen-bond donors (Lipinski definition) is 3. The van der Waals surface area contributed by atoms with Gasteiger partial charge in [0.15, 0.2) is 17.5 Å². The van der Waals surface area contributed by atoms with E-state index in [9.17, 15) is 24.9 Å². The minimum Gasteiger partial charge on any atom is -0.457 e. The van der Waals surface area contributed by atoms with Crippen molar-refractivity contribution >= 4 is 11.8 Å². The monoisotopic (exact) mass is 411 g/mol. The number of aliphatic hydroxyl groups is 3. The summed E-state index contributed by atoms with van der Waals surface area (Å²) in [4.78, 5) is 25.5. The molecule has 7 nitrogen and oxygen atoms in total. The maximum atomic E-state index is 13.6. The quantitative estimate of drug-likeness (QED) is 0.359. The van der Waals surface area contributed by atoms with E-state index in [1.54, 1.807) is 13.8 Å².